The second-order valence-electron chi connectivity index (χ2n) is 7.65. The number of imidazole rings is 1. The molecule has 0 spiro atoms. The minimum Gasteiger partial charge on any atom is -0.471 e. The van der Waals surface area contributed by atoms with Crippen molar-refractivity contribution in [2.75, 3.05) is 18.0 Å². The lowest BCUT2D eigenvalue weighted by Crippen LogP contribution is -2.24. The van der Waals surface area contributed by atoms with Crippen LogP contribution in [0.15, 0.2) is 24.9 Å². The van der Waals surface area contributed by atoms with Crippen molar-refractivity contribution in [2.45, 2.75) is 32.9 Å². The maximum absolute atomic E-state index is 6.29. The van der Waals surface area contributed by atoms with Crippen molar-refractivity contribution >= 4 is 16.9 Å². The molecule has 0 saturated carbocycles. The Bertz CT molecular complexity index is 1200. The van der Waals surface area contributed by atoms with Gasteiger partial charge in [-0.2, -0.15) is 15.2 Å². The normalized spacial score (nSPS) is 16.7. The number of ether oxygens (including phenoxy) is 1. The average molecular weight is 407 g/mol. The van der Waals surface area contributed by atoms with Crippen molar-refractivity contribution in [1.82, 2.24) is 39.1 Å². The molecule has 10 nitrogen and oxygen atoms in total. The Morgan fingerprint density at radius 2 is 2.03 bits per heavy atom. The van der Waals surface area contributed by atoms with Gasteiger partial charge in [-0.3, -0.25) is 9.36 Å². The SMILES string of the molecule is CCn1ncc(-c2nc3c(OC4CCN(c5cnn(C)c5)C4)ncnc3n2C)c1C. The number of nitrogens with zero attached hydrogens (tertiary/aromatic N) is 9. The van der Waals surface area contributed by atoms with Crippen LogP contribution in [0.3, 0.4) is 0 Å². The number of rotatable bonds is 5. The molecule has 0 aromatic carbocycles. The maximum atomic E-state index is 6.29. The molecule has 1 aliphatic heterocycles. The zero-order valence-electron chi connectivity index (χ0n) is 17.6. The van der Waals surface area contributed by atoms with Gasteiger partial charge in [-0.05, 0) is 13.8 Å². The van der Waals surface area contributed by atoms with Crippen LogP contribution in [-0.4, -0.2) is 58.3 Å². The number of hydrogen-bond donors (Lipinski definition) is 0. The zero-order valence-corrected chi connectivity index (χ0v) is 17.6. The molecule has 5 heterocycles. The number of anilines is 1. The van der Waals surface area contributed by atoms with Gasteiger partial charge < -0.3 is 14.2 Å². The van der Waals surface area contributed by atoms with Crippen LogP contribution in [-0.2, 0) is 20.6 Å². The summed E-state index contributed by atoms with van der Waals surface area (Å²) in [6.07, 6.45) is 8.27. The Hall–Kier alpha value is -3.43. The van der Waals surface area contributed by atoms with E-state index < -0.39 is 0 Å². The molecule has 1 unspecified atom stereocenters. The first-order valence-corrected chi connectivity index (χ1v) is 10.2. The van der Waals surface area contributed by atoms with Gasteiger partial charge in [0.15, 0.2) is 11.2 Å². The highest BCUT2D eigenvalue weighted by atomic mass is 16.5. The van der Waals surface area contributed by atoms with E-state index in [0.29, 0.717) is 11.4 Å². The summed E-state index contributed by atoms with van der Waals surface area (Å²) in [4.78, 5) is 16.0. The molecule has 10 heteroatoms. The van der Waals surface area contributed by atoms with E-state index in [1.165, 1.54) is 0 Å². The molecular formula is C20H25N9O. The summed E-state index contributed by atoms with van der Waals surface area (Å²) < 4.78 is 12.0. The monoisotopic (exact) mass is 407 g/mol. The van der Waals surface area contributed by atoms with E-state index in [2.05, 4.69) is 38.9 Å². The summed E-state index contributed by atoms with van der Waals surface area (Å²) >= 11 is 0. The molecule has 0 N–H and O–H groups in total. The Morgan fingerprint density at radius 3 is 2.77 bits per heavy atom. The number of hydrogen-bond acceptors (Lipinski definition) is 7. The van der Waals surface area contributed by atoms with Crippen LogP contribution >= 0.6 is 0 Å². The summed E-state index contributed by atoms with van der Waals surface area (Å²) in [6, 6.07) is 0. The van der Waals surface area contributed by atoms with Gasteiger partial charge in [-0.25, -0.2) is 9.97 Å². The number of fused-ring (bicyclic) bond motifs is 1. The van der Waals surface area contributed by atoms with Crippen molar-refractivity contribution in [3.8, 4) is 17.3 Å². The van der Waals surface area contributed by atoms with E-state index in [4.69, 9.17) is 9.72 Å². The van der Waals surface area contributed by atoms with Crippen molar-refractivity contribution in [1.29, 1.82) is 0 Å². The number of aromatic nitrogens is 8. The summed E-state index contributed by atoms with van der Waals surface area (Å²) in [5.74, 6) is 1.34. The minimum atomic E-state index is 0.0401. The van der Waals surface area contributed by atoms with Gasteiger partial charge in [-0.15, -0.1) is 0 Å². The molecule has 156 valence electrons. The first-order valence-electron chi connectivity index (χ1n) is 10.2. The Kier molecular flexibility index (Phi) is 4.41. The molecule has 1 atom stereocenters. The van der Waals surface area contributed by atoms with E-state index >= 15 is 0 Å². The Morgan fingerprint density at radius 1 is 1.17 bits per heavy atom. The maximum Gasteiger partial charge on any atom is 0.245 e. The Labute approximate surface area is 174 Å². The molecule has 1 saturated heterocycles. The summed E-state index contributed by atoms with van der Waals surface area (Å²) in [5.41, 5.74) is 4.61. The first-order chi connectivity index (χ1) is 14.5. The van der Waals surface area contributed by atoms with Crippen LogP contribution in [0.2, 0.25) is 0 Å². The third-order valence-electron chi connectivity index (χ3n) is 5.75. The van der Waals surface area contributed by atoms with Crippen molar-refractivity contribution < 1.29 is 4.74 Å². The molecule has 4 aromatic rings. The van der Waals surface area contributed by atoms with Gasteiger partial charge in [0.05, 0.1) is 30.2 Å². The van der Waals surface area contributed by atoms with Crippen LogP contribution in [0, 0.1) is 6.92 Å². The van der Waals surface area contributed by atoms with E-state index in [1.807, 2.05) is 46.6 Å². The van der Waals surface area contributed by atoms with E-state index in [9.17, 15) is 0 Å². The molecule has 5 rings (SSSR count). The van der Waals surface area contributed by atoms with E-state index in [1.54, 1.807) is 6.33 Å². The van der Waals surface area contributed by atoms with Crippen LogP contribution in [0.1, 0.15) is 19.0 Å². The van der Waals surface area contributed by atoms with Crippen molar-refractivity contribution in [3.05, 3.63) is 30.6 Å². The van der Waals surface area contributed by atoms with E-state index in [-0.39, 0.29) is 6.10 Å². The molecule has 4 aromatic heterocycles. The van der Waals surface area contributed by atoms with Gasteiger partial charge in [0.1, 0.15) is 18.3 Å². The molecule has 0 bridgehead atoms. The fraction of sp³-hybridized carbons (Fsp3) is 0.450. The van der Waals surface area contributed by atoms with Gasteiger partial charge in [0.25, 0.3) is 0 Å². The van der Waals surface area contributed by atoms with Crippen LogP contribution in [0.5, 0.6) is 5.88 Å². The molecule has 1 fully saturated rings. The Balaban J connectivity index is 1.44. The summed E-state index contributed by atoms with van der Waals surface area (Å²) in [6.45, 7) is 6.66. The molecule has 30 heavy (non-hydrogen) atoms. The minimum absolute atomic E-state index is 0.0401. The lowest BCUT2D eigenvalue weighted by atomic mass is 10.2. The predicted octanol–water partition coefficient (Wildman–Crippen LogP) is 1.95. The fourth-order valence-electron chi connectivity index (χ4n) is 4.08. The van der Waals surface area contributed by atoms with Gasteiger partial charge in [0, 0.05) is 45.5 Å². The second-order valence-corrected chi connectivity index (χ2v) is 7.65. The highest BCUT2D eigenvalue weighted by Crippen LogP contribution is 2.30. The van der Waals surface area contributed by atoms with Crippen molar-refractivity contribution in [2.24, 2.45) is 14.1 Å². The third kappa shape index (κ3) is 2.99. The molecule has 1 aliphatic rings. The third-order valence-corrected chi connectivity index (χ3v) is 5.75. The van der Waals surface area contributed by atoms with Crippen LogP contribution in [0.4, 0.5) is 5.69 Å². The first kappa shape index (κ1) is 18.6. The quantitative estimate of drug-likeness (QED) is 0.499. The average Bonchev–Trinajstić information content (AvgIpc) is 3.50. The van der Waals surface area contributed by atoms with Gasteiger partial charge >= 0.3 is 0 Å². The summed E-state index contributed by atoms with van der Waals surface area (Å²) in [5, 5.41) is 8.71. The molecular weight excluding hydrogens is 382 g/mol. The lowest BCUT2D eigenvalue weighted by molar-refractivity contribution is 0.218. The summed E-state index contributed by atoms with van der Waals surface area (Å²) in [7, 11) is 3.89. The highest BCUT2D eigenvalue weighted by Gasteiger charge is 2.27. The van der Waals surface area contributed by atoms with Crippen LogP contribution in [0.25, 0.3) is 22.6 Å². The van der Waals surface area contributed by atoms with Gasteiger partial charge in [0.2, 0.25) is 5.88 Å². The largest absolute Gasteiger partial charge is 0.471 e. The fourth-order valence-corrected chi connectivity index (χ4v) is 4.08. The van der Waals surface area contributed by atoms with E-state index in [0.717, 1.165) is 54.5 Å². The molecule has 0 amide bonds. The van der Waals surface area contributed by atoms with Gasteiger partial charge in [-0.1, -0.05) is 0 Å². The predicted molar refractivity (Wildman–Crippen MR) is 112 cm³/mol. The highest BCUT2D eigenvalue weighted by molar-refractivity contribution is 5.81. The topological polar surface area (TPSA) is 91.7 Å². The second kappa shape index (κ2) is 7.12. The van der Waals surface area contributed by atoms with Crippen LogP contribution < -0.4 is 9.64 Å². The molecule has 0 aliphatic carbocycles. The molecule has 0 radical (unpaired) electrons. The van der Waals surface area contributed by atoms with Crippen molar-refractivity contribution in [3.63, 3.8) is 0 Å². The lowest BCUT2D eigenvalue weighted by Gasteiger charge is -2.16. The standard InChI is InChI=1S/C20H25N9O/c1-5-29-13(2)16(9-24-29)18-25-17-19(27(18)4)21-12-22-20(17)30-15-6-7-28(11-15)14-8-23-26(3)10-14/h8-10,12,15H,5-7,11H2,1-4H3. The smallest absolute Gasteiger partial charge is 0.245 e. The zero-order chi connectivity index (χ0) is 20.8. The number of aryl methyl sites for hydroxylation is 3.